The van der Waals surface area contributed by atoms with Crippen molar-refractivity contribution in [3.63, 3.8) is 0 Å². The van der Waals surface area contributed by atoms with Gasteiger partial charge in [0.1, 0.15) is 0 Å². The highest BCUT2D eigenvalue weighted by Gasteiger charge is 2.65. The minimum absolute atomic E-state index is 0.0712. The van der Waals surface area contributed by atoms with Crippen LogP contribution < -0.4 is 11.1 Å². The maximum Gasteiger partial charge on any atom is 0.251 e. The van der Waals surface area contributed by atoms with Crippen LogP contribution >= 0.6 is 0 Å². The van der Waals surface area contributed by atoms with Crippen LogP contribution in [0.1, 0.15) is 35.2 Å². The third kappa shape index (κ3) is 1.60. The van der Waals surface area contributed by atoms with E-state index in [4.69, 9.17) is 5.73 Å². The van der Waals surface area contributed by atoms with Crippen LogP contribution in [0.3, 0.4) is 0 Å². The summed E-state index contributed by atoms with van der Waals surface area (Å²) in [5.41, 5.74) is 8.25. The number of nitrogens with two attached hydrogens (primary N) is 1. The van der Waals surface area contributed by atoms with Gasteiger partial charge in [-0.2, -0.15) is 0 Å². The Bertz CT molecular complexity index is 538. The van der Waals surface area contributed by atoms with E-state index >= 15 is 0 Å². The first-order valence-electron chi connectivity index (χ1n) is 7.32. The van der Waals surface area contributed by atoms with Gasteiger partial charge in [-0.15, -0.1) is 0 Å². The molecule has 1 aromatic rings. The van der Waals surface area contributed by atoms with E-state index in [9.17, 15) is 4.79 Å². The van der Waals surface area contributed by atoms with E-state index in [1.165, 1.54) is 19.3 Å². The minimum Gasteiger partial charge on any atom is -0.399 e. The van der Waals surface area contributed by atoms with E-state index in [0.717, 1.165) is 40.5 Å². The Morgan fingerprint density at radius 1 is 1.26 bits per heavy atom. The van der Waals surface area contributed by atoms with Crippen molar-refractivity contribution in [1.82, 2.24) is 5.32 Å². The molecule has 0 spiro atoms. The third-order valence-corrected chi connectivity index (χ3v) is 5.57. The normalized spacial score (nSPS) is 38.1. The molecule has 0 radical (unpaired) electrons. The van der Waals surface area contributed by atoms with Crippen molar-refractivity contribution in [2.24, 2.45) is 23.7 Å². The van der Waals surface area contributed by atoms with Crippen LogP contribution in [0.2, 0.25) is 0 Å². The van der Waals surface area contributed by atoms with Crippen molar-refractivity contribution in [2.75, 3.05) is 5.73 Å². The molecule has 4 rings (SSSR count). The molecule has 2 bridgehead atoms. The van der Waals surface area contributed by atoms with Crippen molar-refractivity contribution in [1.29, 1.82) is 0 Å². The Labute approximate surface area is 113 Å². The lowest BCUT2D eigenvalue weighted by atomic mass is 10.0. The van der Waals surface area contributed by atoms with Crippen LogP contribution in [-0.2, 0) is 0 Å². The summed E-state index contributed by atoms with van der Waals surface area (Å²) in [5.74, 6) is 3.44. The lowest BCUT2D eigenvalue weighted by molar-refractivity contribution is 0.0944. The van der Waals surface area contributed by atoms with E-state index < -0.39 is 0 Å². The second kappa shape index (κ2) is 3.75. The Morgan fingerprint density at radius 2 is 1.95 bits per heavy atom. The van der Waals surface area contributed by atoms with E-state index in [2.05, 4.69) is 5.32 Å². The van der Waals surface area contributed by atoms with Gasteiger partial charge in [0.2, 0.25) is 0 Å². The standard InChI is InChI=1S/C16H20N2O/c1-8-6-11(4-5-12(8)17)16(19)18-15-13-9-2-3-10(7-9)14(13)15/h4-6,9-10,13-15H,2-3,7,17H2,1H3,(H,18,19). The van der Waals surface area contributed by atoms with Crippen molar-refractivity contribution < 1.29 is 4.79 Å². The molecular weight excluding hydrogens is 236 g/mol. The molecule has 3 aliphatic carbocycles. The molecule has 3 aliphatic rings. The second-order valence-electron chi connectivity index (χ2n) is 6.56. The van der Waals surface area contributed by atoms with E-state index in [1.807, 2.05) is 25.1 Å². The zero-order chi connectivity index (χ0) is 13.1. The fraction of sp³-hybridized carbons (Fsp3) is 0.562. The zero-order valence-electron chi connectivity index (χ0n) is 11.2. The molecule has 3 nitrogen and oxygen atoms in total. The molecule has 19 heavy (non-hydrogen) atoms. The highest BCUT2D eigenvalue weighted by atomic mass is 16.1. The number of benzene rings is 1. The molecule has 4 atom stereocenters. The summed E-state index contributed by atoms with van der Waals surface area (Å²) in [6.45, 7) is 1.94. The first-order chi connectivity index (χ1) is 9.15. The van der Waals surface area contributed by atoms with E-state index in [0.29, 0.717) is 6.04 Å². The smallest absolute Gasteiger partial charge is 0.251 e. The quantitative estimate of drug-likeness (QED) is 0.798. The molecule has 4 unspecified atom stereocenters. The number of carbonyl (C=O) groups is 1. The number of aryl methyl sites for hydroxylation is 1. The number of amides is 1. The van der Waals surface area contributed by atoms with Crippen molar-refractivity contribution >= 4 is 11.6 Å². The van der Waals surface area contributed by atoms with Crippen LogP contribution in [0.4, 0.5) is 5.69 Å². The maximum atomic E-state index is 12.3. The van der Waals surface area contributed by atoms with E-state index in [1.54, 1.807) is 0 Å². The maximum absolute atomic E-state index is 12.3. The average Bonchev–Trinajstić information content (AvgIpc) is 2.81. The van der Waals surface area contributed by atoms with Gasteiger partial charge in [0.05, 0.1) is 0 Å². The van der Waals surface area contributed by atoms with Gasteiger partial charge in [-0.1, -0.05) is 0 Å². The number of carbonyl (C=O) groups excluding carboxylic acids is 1. The van der Waals surface area contributed by atoms with Crippen LogP contribution in [0, 0.1) is 30.6 Å². The van der Waals surface area contributed by atoms with Gasteiger partial charge >= 0.3 is 0 Å². The lowest BCUT2D eigenvalue weighted by Crippen LogP contribution is -2.30. The van der Waals surface area contributed by atoms with Gasteiger partial charge < -0.3 is 11.1 Å². The van der Waals surface area contributed by atoms with Crippen LogP contribution in [0.25, 0.3) is 0 Å². The largest absolute Gasteiger partial charge is 0.399 e. The molecule has 0 heterocycles. The summed E-state index contributed by atoms with van der Waals surface area (Å²) in [6, 6.07) is 5.99. The Morgan fingerprint density at radius 3 is 2.58 bits per heavy atom. The number of anilines is 1. The number of rotatable bonds is 2. The van der Waals surface area contributed by atoms with E-state index in [-0.39, 0.29) is 5.91 Å². The van der Waals surface area contributed by atoms with Gasteiger partial charge in [-0.05, 0) is 73.6 Å². The van der Waals surface area contributed by atoms with Gasteiger partial charge in [0, 0.05) is 17.3 Å². The van der Waals surface area contributed by atoms with Crippen LogP contribution in [0.15, 0.2) is 18.2 Å². The highest BCUT2D eigenvalue weighted by molar-refractivity contribution is 5.95. The SMILES string of the molecule is Cc1cc(C(=O)NC2C3C4CCC(C4)C23)ccc1N. The molecule has 1 amide bonds. The summed E-state index contributed by atoms with van der Waals surface area (Å²) in [4.78, 5) is 12.3. The first-order valence-corrected chi connectivity index (χ1v) is 7.32. The van der Waals surface area contributed by atoms with Gasteiger partial charge in [0.25, 0.3) is 5.91 Å². The lowest BCUT2D eigenvalue weighted by Gasteiger charge is -2.11. The van der Waals surface area contributed by atoms with Crippen LogP contribution in [0.5, 0.6) is 0 Å². The fourth-order valence-electron chi connectivity index (χ4n) is 4.57. The number of nitrogen functional groups attached to an aromatic ring is 1. The molecule has 3 heteroatoms. The Kier molecular flexibility index (Phi) is 2.23. The summed E-state index contributed by atoms with van der Waals surface area (Å²) >= 11 is 0. The Balaban J connectivity index is 1.46. The second-order valence-corrected chi connectivity index (χ2v) is 6.56. The van der Waals surface area contributed by atoms with Gasteiger partial charge in [0.15, 0.2) is 0 Å². The fourth-order valence-corrected chi connectivity index (χ4v) is 4.57. The summed E-state index contributed by atoms with van der Waals surface area (Å²) in [7, 11) is 0. The molecule has 0 aromatic heterocycles. The summed E-state index contributed by atoms with van der Waals surface area (Å²) in [6.07, 6.45) is 4.20. The zero-order valence-corrected chi connectivity index (χ0v) is 11.2. The molecule has 3 fully saturated rings. The number of fused-ring (bicyclic) bond motifs is 5. The molecule has 0 saturated heterocycles. The van der Waals surface area contributed by atoms with Crippen molar-refractivity contribution in [3.05, 3.63) is 29.3 Å². The molecule has 1 aromatic carbocycles. The molecule has 100 valence electrons. The molecule has 0 aliphatic heterocycles. The van der Waals surface area contributed by atoms with Gasteiger partial charge in [-0.3, -0.25) is 4.79 Å². The average molecular weight is 256 g/mol. The predicted octanol–water partition coefficient (Wildman–Crippen LogP) is 2.35. The Hall–Kier alpha value is -1.51. The monoisotopic (exact) mass is 256 g/mol. The predicted molar refractivity (Wildman–Crippen MR) is 74.7 cm³/mol. The van der Waals surface area contributed by atoms with Crippen molar-refractivity contribution in [2.45, 2.75) is 32.2 Å². The minimum atomic E-state index is 0.0712. The number of hydrogen-bond acceptors (Lipinski definition) is 2. The van der Waals surface area contributed by atoms with Gasteiger partial charge in [-0.25, -0.2) is 0 Å². The molecule has 3 saturated carbocycles. The van der Waals surface area contributed by atoms with Crippen molar-refractivity contribution in [3.8, 4) is 0 Å². The molecule has 3 N–H and O–H groups in total. The first kappa shape index (κ1) is 11.3. The number of nitrogens with one attached hydrogen (secondary N) is 1. The molecular formula is C16H20N2O. The number of hydrogen-bond donors (Lipinski definition) is 2. The topological polar surface area (TPSA) is 55.1 Å². The summed E-state index contributed by atoms with van der Waals surface area (Å²) in [5, 5.41) is 3.24. The van der Waals surface area contributed by atoms with Crippen LogP contribution in [-0.4, -0.2) is 11.9 Å². The summed E-state index contributed by atoms with van der Waals surface area (Å²) < 4.78 is 0. The third-order valence-electron chi connectivity index (χ3n) is 5.57. The highest BCUT2D eigenvalue weighted by Crippen LogP contribution is 2.65.